The molecule has 0 aliphatic carbocycles. The zero-order valence-corrected chi connectivity index (χ0v) is 10.5. The molecule has 0 aliphatic rings. The van der Waals surface area contributed by atoms with E-state index in [-0.39, 0.29) is 6.09 Å². The second-order valence-electron chi connectivity index (χ2n) is 4.23. The molecule has 0 atom stereocenters. The zero-order chi connectivity index (χ0) is 11.9. The molecule has 0 bridgehead atoms. The quantitative estimate of drug-likeness (QED) is 0.540. The number of alkyl halides is 1. The van der Waals surface area contributed by atoms with Gasteiger partial charge < -0.3 is 9.64 Å². The van der Waals surface area contributed by atoms with Gasteiger partial charge in [0.05, 0.1) is 0 Å². The smallest absolute Gasteiger partial charge is 0.410 e. The van der Waals surface area contributed by atoms with Crippen LogP contribution < -0.4 is 0 Å². The number of carbonyl (C=O) groups is 1. The maximum Gasteiger partial charge on any atom is 0.410 e. The van der Waals surface area contributed by atoms with Crippen LogP contribution in [0.3, 0.4) is 0 Å². The first-order chi connectivity index (χ1) is 6.90. The Hall–Kier alpha value is -0.700. The van der Waals surface area contributed by atoms with Gasteiger partial charge in [-0.05, 0) is 27.2 Å². The SMILES string of the molecule is C=CCCN(CCCl)C(=O)OC(C)(C)C. The molecule has 0 aromatic heterocycles. The predicted molar refractivity (Wildman–Crippen MR) is 63.3 cm³/mol. The van der Waals surface area contributed by atoms with Crippen molar-refractivity contribution in [3.05, 3.63) is 12.7 Å². The van der Waals surface area contributed by atoms with E-state index in [1.165, 1.54) is 0 Å². The molecule has 0 saturated carbocycles. The van der Waals surface area contributed by atoms with E-state index in [2.05, 4.69) is 6.58 Å². The van der Waals surface area contributed by atoms with Gasteiger partial charge >= 0.3 is 6.09 Å². The van der Waals surface area contributed by atoms with Gasteiger partial charge in [0.25, 0.3) is 0 Å². The van der Waals surface area contributed by atoms with E-state index in [0.29, 0.717) is 19.0 Å². The summed E-state index contributed by atoms with van der Waals surface area (Å²) in [6.45, 7) is 10.3. The van der Waals surface area contributed by atoms with Crippen molar-refractivity contribution in [3.8, 4) is 0 Å². The van der Waals surface area contributed by atoms with Crippen molar-refractivity contribution in [3.63, 3.8) is 0 Å². The van der Waals surface area contributed by atoms with E-state index < -0.39 is 5.60 Å². The summed E-state index contributed by atoms with van der Waals surface area (Å²) in [6.07, 6.45) is 2.20. The normalized spacial score (nSPS) is 10.9. The van der Waals surface area contributed by atoms with Crippen LogP contribution in [-0.4, -0.2) is 35.6 Å². The molecule has 0 saturated heterocycles. The Morgan fingerprint density at radius 1 is 1.47 bits per heavy atom. The monoisotopic (exact) mass is 233 g/mol. The Morgan fingerprint density at radius 3 is 2.47 bits per heavy atom. The fraction of sp³-hybridized carbons (Fsp3) is 0.727. The highest BCUT2D eigenvalue weighted by Gasteiger charge is 2.20. The number of hydrogen-bond donors (Lipinski definition) is 0. The topological polar surface area (TPSA) is 29.5 Å². The van der Waals surface area contributed by atoms with Crippen molar-refractivity contribution in [2.24, 2.45) is 0 Å². The predicted octanol–water partition coefficient (Wildman–Crippen LogP) is 3.04. The van der Waals surface area contributed by atoms with Gasteiger partial charge in [0.2, 0.25) is 0 Å². The molecule has 0 fully saturated rings. The number of nitrogens with zero attached hydrogens (tertiary/aromatic N) is 1. The molecule has 88 valence electrons. The van der Waals surface area contributed by atoms with E-state index in [1.807, 2.05) is 20.8 Å². The number of amides is 1. The minimum Gasteiger partial charge on any atom is -0.444 e. The van der Waals surface area contributed by atoms with Crippen LogP contribution in [0.1, 0.15) is 27.2 Å². The summed E-state index contributed by atoms with van der Waals surface area (Å²) in [5.74, 6) is 0.413. The molecule has 0 spiro atoms. The van der Waals surface area contributed by atoms with Gasteiger partial charge in [0.15, 0.2) is 0 Å². The number of halogens is 1. The van der Waals surface area contributed by atoms with Crippen molar-refractivity contribution in [1.82, 2.24) is 4.90 Å². The Balaban J connectivity index is 4.21. The maximum absolute atomic E-state index is 11.7. The molecule has 0 N–H and O–H groups in total. The highest BCUT2D eigenvalue weighted by atomic mass is 35.5. The molecule has 4 heteroatoms. The van der Waals surface area contributed by atoms with Crippen LogP contribution in [0.25, 0.3) is 0 Å². The second kappa shape index (κ2) is 6.72. The second-order valence-corrected chi connectivity index (χ2v) is 4.61. The van der Waals surface area contributed by atoms with Crippen LogP contribution in [0.15, 0.2) is 12.7 Å². The Labute approximate surface area is 97.0 Å². The van der Waals surface area contributed by atoms with E-state index in [0.717, 1.165) is 6.42 Å². The first kappa shape index (κ1) is 14.3. The lowest BCUT2D eigenvalue weighted by molar-refractivity contribution is 0.0265. The fourth-order valence-electron chi connectivity index (χ4n) is 0.970. The molecule has 0 aromatic rings. The van der Waals surface area contributed by atoms with Crippen molar-refractivity contribution in [2.45, 2.75) is 32.8 Å². The van der Waals surface area contributed by atoms with Gasteiger partial charge in [-0.25, -0.2) is 4.79 Å². The highest BCUT2D eigenvalue weighted by molar-refractivity contribution is 6.18. The Morgan fingerprint density at radius 2 is 2.07 bits per heavy atom. The minimum atomic E-state index is -0.462. The van der Waals surface area contributed by atoms with Gasteiger partial charge in [0, 0.05) is 19.0 Å². The number of hydrogen-bond acceptors (Lipinski definition) is 2. The average molecular weight is 234 g/mol. The lowest BCUT2D eigenvalue weighted by Crippen LogP contribution is -2.38. The first-order valence-electron chi connectivity index (χ1n) is 5.05. The van der Waals surface area contributed by atoms with Gasteiger partial charge in [-0.3, -0.25) is 0 Å². The lowest BCUT2D eigenvalue weighted by atomic mass is 10.2. The van der Waals surface area contributed by atoms with Crippen LogP contribution in [0.2, 0.25) is 0 Å². The van der Waals surface area contributed by atoms with E-state index >= 15 is 0 Å². The van der Waals surface area contributed by atoms with Crippen LogP contribution in [-0.2, 0) is 4.74 Å². The van der Waals surface area contributed by atoms with E-state index in [1.54, 1.807) is 11.0 Å². The van der Waals surface area contributed by atoms with Crippen LogP contribution in [0.4, 0.5) is 4.79 Å². The van der Waals surface area contributed by atoms with Gasteiger partial charge in [-0.15, -0.1) is 18.2 Å². The summed E-state index contributed by atoms with van der Waals surface area (Å²) in [6, 6.07) is 0. The molecule has 0 heterocycles. The average Bonchev–Trinajstić information content (AvgIpc) is 2.09. The molecule has 0 rings (SSSR count). The molecule has 0 aliphatic heterocycles. The Kier molecular flexibility index (Phi) is 6.41. The minimum absolute atomic E-state index is 0.315. The standard InChI is InChI=1S/C11H20ClNO2/c1-5-6-8-13(9-7-12)10(14)15-11(2,3)4/h5H,1,6-9H2,2-4H3. The summed E-state index contributed by atoms with van der Waals surface area (Å²) in [4.78, 5) is 13.3. The summed E-state index contributed by atoms with van der Waals surface area (Å²) < 4.78 is 5.24. The largest absolute Gasteiger partial charge is 0.444 e. The molecule has 3 nitrogen and oxygen atoms in total. The maximum atomic E-state index is 11.7. The summed E-state index contributed by atoms with van der Waals surface area (Å²) in [5, 5.41) is 0. The molecular weight excluding hydrogens is 214 g/mol. The summed E-state index contributed by atoms with van der Waals surface area (Å²) in [5.41, 5.74) is -0.462. The van der Waals surface area contributed by atoms with Gasteiger partial charge in [-0.2, -0.15) is 0 Å². The number of rotatable bonds is 5. The first-order valence-corrected chi connectivity index (χ1v) is 5.59. The Bertz CT molecular complexity index is 211. The lowest BCUT2D eigenvalue weighted by Gasteiger charge is -2.26. The van der Waals surface area contributed by atoms with Crippen molar-refractivity contribution in [2.75, 3.05) is 19.0 Å². The fourth-order valence-corrected chi connectivity index (χ4v) is 1.17. The van der Waals surface area contributed by atoms with Crippen molar-refractivity contribution < 1.29 is 9.53 Å². The zero-order valence-electron chi connectivity index (χ0n) is 9.75. The van der Waals surface area contributed by atoms with Crippen LogP contribution >= 0.6 is 11.6 Å². The van der Waals surface area contributed by atoms with E-state index in [4.69, 9.17) is 16.3 Å². The van der Waals surface area contributed by atoms with Gasteiger partial charge in [0.1, 0.15) is 5.60 Å². The van der Waals surface area contributed by atoms with Crippen LogP contribution in [0, 0.1) is 0 Å². The van der Waals surface area contributed by atoms with Crippen LogP contribution in [0.5, 0.6) is 0 Å². The number of ether oxygens (including phenoxy) is 1. The van der Waals surface area contributed by atoms with Crippen molar-refractivity contribution in [1.29, 1.82) is 0 Å². The number of carbonyl (C=O) groups excluding carboxylic acids is 1. The molecule has 0 radical (unpaired) electrons. The molecule has 15 heavy (non-hydrogen) atoms. The third-order valence-corrected chi connectivity index (χ3v) is 1.78. The van der Waals surface area contributed by atoms with E-state index in [9.17, 15) is 4.79 Å². The third kappa shape index (κ3) is 7.25. The van der Waals surface area contributed by atoms with Crippen molar-refractivity contribution >= 4 is 17.7 Å². The summed E-state index contributed by atoms with van der Waals surface area (Å²) in [7, 11) is 0. The molecule has 0 aromatic carbocycles. The molecular formula is C11H20ClNO2. The van der Waals surface area contributed by atoms with Gasteiger partial charge in [-0.1, -0.05) is 6.08 Å². The third-order valence-electron chi connectivity index (χ3n) is 1.61. The molecule has 1 amide bonds. The molecule has 0 unspecified atom stereocenters. The highest BCUT2D eigenvalue weighted by Crippen LogP contribution is 2.10. The summed E-state index contributed by atoms with van der Waals surface area (Å²) >= 11 is 5.62.